The van der Waals surface area contributed by atoms with Gasteiger partial charge in [-0.05, 0) is 16.5 Å². The van der Waals surface area contributed by atoms with E-state index in [0.717, 1.165) is 28.5 Å². The quantitative estimate of drug-likeness (QED) is 0.783. The zero-order valence-electron chi connectivity index (χ0n) is 13.8. The van der Waals surface area contributed by atoms with E-state index in [1.165, 1.54) is 5.56 Å². The van der Waals surface area contributed by atoms with Crippen molar-refractivity contribution in [1.29, 1.82) is 0 Å². The number of alkyl carbamates (subject to hydrolysis) is 1. The molecular weight excluding hydrogens is 314 g/mol. The van der Waals surface area contributed by atoms with Crippen molar-refractivity contribution >= 4 is 16.9 Å². The van der Waals surface area contributed by atoms with Crippen molar-refractivity contribution in [3.8, 4) is 5.75 Å². The minimum absolute atomic E-state index is 0.0647. The fourth-order valence-electron chi connectivity index (χ4n) is 3.13. The van der Waals surface area contributed by atoms with Gasteiger partial charge in [0, 0.05) is 11.8 Å². The smallest absolute Gasteiger partial charge is 0.407 e. The highest BCUT2D eigenvalue weighted by Gasteiger charge is 2.25. The molecule has 0 spiro atoms. The van der Waals surface area contributed by atoms with E-state index in [1.807, 2.05) is 42.5 Å². The number of fused-ring (bicyclic) bond motifs is 3. The Bertz CT molecular complexity index is 892. The van der Waals surface area contributed by atoms with Gasteiger partial charge in [0.05, 0.1) is 6.54 Å². The van der Waals surface area contributed by atoms with E-state index in [1.54, 1.807) is 0 Å². The Hall–Kier alpha value is -3.01. The van der Waals surface area contributed by atoms with Crippen LogP contribution in [0.1, 0.15) is 11.1 Å². The van der Waals surface area contributed by atoms with Gasteiger partial charge in [0.25, 0.3) is 0 Å². The number of carbonyl (C=O) groups is 1. The molecule has 0 bridgehead atoms. The highest BCUT2D eigenvalue weighted by Crippen LogP contribution is 2.36. The molecule has 0 saturated heterocycles. The molecule has 1 aliphatic rings. The first-order valence-electron chi connectivity index (χ1n) is 8.41. The first-order valence-corrected chi connectivity index (χ1v) is 8.41. The molecule has 0 aliphatic carbocycles. The van der Waals surface area contributed by atoms with Crippen LogP contribution in [0.15, 0.2) is 66.7 Å². The SMILES string of the molecule is O=C(NCC1Cc2ccc3ccccc3c2O1)OCc1ccccc1. The Morgan fingerprint density at radius 1 is 1.04 bits per heavy atom. The van der Waals surface area contributed by atoms with Crippen LogP contribution in [0.25, 0.3) is 10.8 Å². The number of carbonyl (C=O) groups excluding carboxylic acids is 1. The molecule has 1 heterocycles. The average molecular weight is 333 g/mol. The summed E-state index contributed by atoms with van der Waals surface area (Å²) in [5.41, 5.74) is 2.15. The molecule has 25 heavy (non-hydrogen) atoms. The van der Waals surface area contributed by atoms with E-state index in [2.05, 4.69) is 29.6 Å². The molecule has 126 valence electrons. The lowest BCUT2D eigenvalue weighted by molar-refractivity contribution is 0.133. The van der Waals surface area contributed by atoms with Gasteiger partial charge in [-0.2, -0.15) is 0 Å². The van der Waals surface area contributed by atoms with Gasteiger partial charge in [-0.3, -0.25) is 0 Å². The van der Waals surface area contributed by atoms with E-state index < -0.39 is 6.09 Å². The van der Waals surface area contributed by atoms with Crippen LogP contribution < -0.4 is 10.1 Å². The van der Waals surface area contributed by atoms with Gasteiger partial charge in [0.15, 0.2) is 0 Å². The highest BCUT2D eigenvalue weighted by molar-refractivity contribution is 5.90. The second-order valence-corrected chi connectivity index (χ2v) is 6.16. The number of hydrogen-bond donors (Lipinski definition) is 1. The summed E-state index contributed by atoms with van der Waals surface area (Å²) in [6.07, 6.45) is 0.303. The first kappa shape index (κ1) is 15.5. The molecule has 0 aromatic heterocycles. The normalized spacial score (nSPS) is 15.4. The van der Waals surface area contributed by atoms with Gasteiger partial charge < -0.3 is 14.8 Å². The predicted octanol–water partition coefficient (Wildman–Crippen LogP) is 4.07. The lowest BCUT2D eigenvalue weighted by Gasteiger charge is -2.13. The molecule has 0 saturated carbocycles. The number of nitrogens with one attached hydrogen (secondary N) is 1. The van der Waals surface area contributed by atoms with Crippen LogP contribution in [0.2, 0.25) is 0 Å². The maximum Gasteiger partial charge on any atom is 0.407 e. The standard InChI is InChI=1S/C21H19NO3/c23-21(24-14-15-6-2-1-3-7-15)22-13-18-12-17-11-10-16-8-4-5-9-19(16)20(17)25-18/h1-11,18H,12-14H2,(H,22,23). The Morgan fingerprint density at radius 3 is 2.72 bits per heavy atom. The molecule has 4 rings (SSSR count). The monoisotopic (exact) mass is 333 g/mol. The maximum atomic E-state index is 11.9. The lowest BCUT2D eigenvalue weighted by Crippen LogP contribution is -2.34. The molecule has 1 amide bonds. The van der Waals surface area contributed by atoms with E-state index >= 15 is 0 Å². The average Bonchev–Trinajstić information content (AvgIpc) is 3.09. The van der Waals surface area contributed by atoms with Gasteiger partial charge in [-0.15, -0.1) is 0 Å². The molecule has 3 aromatic carbocycles. The van der Waals surface area contributed by atoms with Crippen molar-refractivity contribution in [2.75, 3.05) is 6.54 Å². The first-order chi connectivity index (χ1) is 12.3. The second kappa shape index (κ2) is 6.85. The predicted molar refractivity (Wildman–Crippen MR) is 96.7 cm³/mol. The van der Waals surface area contributed by atoms with Crippen molar-refractivity contribution in [3.05, 3.63) is 77.9 Å². The van der Waals surface area contributed by atoms with Crippen molar-refractivity contribution in [3.63, 3.8) is 0 Å². The van der Waals surface area contributed by atoms with E-state index in [-0.39, 0.29) is 12.7 Å². The Kier molecular flexibility index (Phi) is 4.25. The molecule has 1 unspecified atom stereocenters. The molecule has 0 radical (unpaired) electrons. The highest BCUT2D eigenvalue weighted by atomic mass is 16.5. The van der Waals surface area contributed by atoms with E-state index in [4.69, 9.17) is 9.47 Å². The molecule has 1 aliphatic heterocycles. The summed E-state index contributed by atoms with van der Waals surface area (Å²) >= 11 is 0. The number of ether oxygens (including phenoxy) is 2. The van der Waals surface area contributed by atoms with Crippen LogP contribution in [0, 0.1) is 0 Å². The Labute approximate surface area is 146 Å². The Balaban J connectivity index is 1.32. The zero-order valence-corrected chi connectivity index (χ0v) is 13.8. The number of amides is 1. The fraction of sp³-hybridized carbons (Fsp3) is 0.190. The van der Waals surface area contributed by atoms with Gasteiger partial charge >= 0.3 is 6.09 Å². The van der Waals surface area contributed by atoms with Crippen LogP contribution in [-0.2, 0) is 17.8 Å². The van der Waals surface area contributed by atoms with E-state index in [0.29, 0.717) is 6.54 Å². The van der Waals surface area contributed by atoms with Crippen molar-refractivity contribution < 1.29 is 14.3 Å². The van der Waals surface area contributed by atoms with Crippen LogP contribution >= 0.6 is 0 Å². The van der Waals surface area contributed by atoms with Gasteiger partial charge in [-0.1, -0.05) is 66.7 Å². The molecule has 1 atom stereocenters. The molecule has 4 nitrogen and oxygen atoms in total. The minimum atomic E-state index is -0.423. The van der Waals surface area contributed by atoms with Crippen LogP contribution in [0.4, 0.5) is 4.79 Å². The van der Waals surface area contributed by atoms with Crippen LogP contribution in [-0.4, -0.2) is 18.7 Å². The third kappa shape index (κ3) is 3.43. The fourth-order valence-corrected chi connectivity index (χ4v) is 3.13. The second-order valence-electron chi connectivity index (χ2n) is 6.16. The van der Waals surface area contributed by atoms with Crippen molar-refractivity contribution in [1.82, 2.24) is 5.32 Å². The summed E-state index contributed by atoms with van der Waals surface area (Å²) in [6, 6.07) is 22.0. The summed E-state index contributed by atoms with van der Waals surface area (Å²) in [5.74, 6) is 0.933. The minimum Gasteiger partial charge on any atom is -0.487 e. The lowest BCUT2D eigenvalue weighted by atomic mass is 10.0. The van der Waals surface area contributed by atoms with Crippen LogP contribution in [0.3, 0.4) is 0 Å². The molecule has 4 heteroatoms. The van der Waals surface area contributed by atoms with E-state index in [9.17, 15) is 4.79 Å². The molecule has 3 aromatic rings. The summed E-state index contributed by atoms with van der Waals surface area (Å²) < 4.78 is 11.3. The number of benzene rings is 3. The van der Waals surface area contributed by atoms with Crippen LogP contribution in [0.5, 0.6) is 5.75 Å². The number of rotatable bonds is 4. The van der Waals surface area contributed by atoms with Crippen molar-refractivity contribution in [2.45, 2.75) is 19.1 Å². The topological polar surface area (TPSA) is 47.6 Å². The van der Waals surface area contributed by atoms with Gasteiger partial charge in [-0.25, -0.2) is 4.79 Å². The molecule has 1 N–H and O–H groups in total. The summed E-state index contributed by atoms with van der Waals surface area (Å²) in [6.45, 7) is 0.694. The number of hydrogen-bond acceptors (Lipinski definition) is 3. The molecular formula is C21H19NO3. The van der Waals surface area contributed by atoms with Gasteiger partial charge in [0.2, 0.25) is 0 Å². The largest absolute Gasteiger partial charge is 0.487 e. The summed E-state index contributed by atoms with van der Waals surface area (Å²) in [5, 5.41) is 5.08. The van der Waals surface area contributed by atoms with Crippen molar-refractivity contribution in [2.24, 2.45) is 0 Å². The van der Waals surface area contributed by atoms with Gasteiger partial charge in [0.1, 0.15) is 18.5 Å². The zero-order chi connectivity index (χ0) is 17.1. The Morgan fingerprint density at radius 2 is 1.84 bits per heavy atom. The third-order valence-corrected chi connectivity index (χ3v) is 4.38. The summed E-state index contributed by atoms with van der Waals surface area (Å²) in [7, 11) is 0. The molecule has 0 fully saturated rings. The maximum absolute atomic E-state index is 11.9. The summed E-state index contributed by atoms with van der Waals surface area (Å²) in [4.78, 5) is 11.9. The third-order valence-electron chi connectivity index (χ3n) is 4.38.